The van der Waals surface area contributed by atoms with Crippen molar-refractivity contribution in [3.8, 4) is 0 Å². The van der Waals surface area contributed by atoms with E-state index < -0.39 is 0 Å². The van der Waals surface area contributed by atoms with E-state index in [1.165, 1.54) is 30.8 Å². The maximum atomic E-state index is 4.62. The van der Waals surface area contributed by atoms with Gasteiger partial charge in [0, 0.05) is 12.6 Å². The number of fused-ring (bicyclic) bond motifs is 1. The van der Waals surface area contributed by atoms with Crippen molar-refractivity contribution in [2.24, 2.45) is 0 Å². The second-order valence-electron chi connectivity index (χ2n) is 4.13. The third-order valence-corrected chi connectivity index (χ3v) is 2.86. The van der Waals surface area contributed by atoms with Gasteiger partial charge in [-0.15, -0.1) is 0 Å². The van der Waals surface area contributed by atoms with E-state index in [0.717, 1.165) is 13.0 Å². The van der Waals surface area contributed by atoms with Crippen LogP contribution < -0.4 is 5.32 Å². The average Bonchev–Trinajstić information content (AvgIpc) is 2.59. The van der Waals surface area contributed by atoms with E-state index >= 15 is 0 Å². The van der Waals surface area contributed by atoms with Gasteiger partial charge >= 0.3 is 0 Å². The van der Waals surface area contributed by atoms with Gasteiger partial charge in [0.1, 0.15) is 5.82 Å². The van der Waals surface area contributed by atoms with Crippen molar-refractivity contribution in [3.63, 3.8) is 0 Å². The van der Waals surface area contributed by atoms with Crippen molar-refractivity contribution in [3.05, 3.63) is 11.8 Å². The van der Waals surface area contributed by atoms with Crippen LogP contribution >= 0.6 is 0 Å². The zero-order valence-corrected chi connectivity index (χ0v) is 9.08. The molecule has 0 spiro atoms. The Morgan fingerprint density at radius 1 is 1.64 bits per heavy atom. The Balaban J connectivity index is 2.13. The van der Waals surface area contributed by atoms with Crippen LogP contribution in [0.1, 0.15) is 44.8 Å². The predicted molar refractivity (Wildman–Crippen MR) is 58.7 cm³/mol. The number of aromatic nitrogens is 2. The van der Waals surface area contributed by atoms with E-state index in [2.05, 4.69) is 35.0 Å². The normalized spacial score (nSPS) is 20.3. The van der Waals surface area contributed by atoms with Gasteiger partial charge in [-0.2, -0.15) is 5.10 Å². The molecule has 0 aliphatic carbocycles. The summed E-state index contributed by atoms with van der Waals surface area (Å²) in [4.78, 5) is 0. The van der Waals surface area contributed by atoms with E-state index in [1.807, 2.05) is 0 Å². The summed E-state index contributed by atoms with van der Waals surface area (Å²) in [5.74, 6) is 1.20. The fraction of sp³-hybridized carbons (Fsp3) is 0.727. The summed E-state index contributed by atoms with van der Waals surface area (Å²) in [5, 5.41) is 8.01. The summed E-state index contributed by atoms with van der Waals surface area (Å²) in [6.07, 6.45) is 4.78. The van der Waals surface area contributed by atoms with Gasteiger partial charge in [-0.1, -0.05) is 13.3 Å². The molecule has 2 heterocycles. The molecule has 0 saturated heterocycles. The van der Waals surface area contributed by atoms with E-state index in [0.29, 0.717) is 6.04 Å². The molecule has 1 aromatic heterocycles. The van der Waals surface area contributed by atoms with Gasteiger partial charge in [0.25, 0.3) is 0 Å². The summed E-state index contributed by atoms with van der Waals surface area (Å²) in [6, 6.07) is 2.76. The molecule has 0 aromatic carbocycles. The minimum Gasteiger partial charge on any atom is -0.370 e. The highest BCUT2D eigenvalue weighted by atomic mass is 15.4. The summed E-state index contributed by atoms with van der Waals surface area (Å²) in [6.45, 7) is 5.54. The molecule has 78 valence electrons. The first kappa shape index (κ1) is 9.56. The van der Waals surface area contributed by atoms with Gasteiger partial charge in [-0.25, -0.2) is 4.68 Å². The number of nitrogens with one attached hydrogen (secondary N) is 1. The minimum absolute atomic E-state index is 0.557. The zero-order valence-electron chi connectivity index (χ0n) is 9.08. The van der Waals surface area contributed by atoms with Crippen molar-refractivity contribution in [2.75, 3.05) is 11.9 Å². The van der Waals surface area contributed by atoms with Crippen LogP contribution in [0, 0.1) is 0 Å². The van der Waals surface area contributed by atoms with Crippen molar-refractivity contribution in [1.29, 1.82) is 0 Å². The number of unbranched alkanes of at least 4 members (excludes halogenated alkanes) is 1. The Morgan fingerprint density at radius 3 is 3.21 bits per heavy atom. The molecular weight excluding hydrogens is 174 g/mol. The van der Waals surface area contributed by atoms with Gasteiger partial charge in [0.05, 0.1) is 11.7 Å². The average molecular weight is 193 g/mol. The first-order chi connectivity index (χ1) is 6.81. The summed E-state index contributed by atoms with van der Waals surface area (Å²) in [5.41, 5.74) is 1.24. The number of aryl methyl sites for hydroxylation is 1. The van der Waals surface area contributed by atoms with Crippen LogP contribution in [0.15, 0.2) is 6.07 Å². The monoisotopic (exact) mass is 193 g/mol. The summed E-state index contributed by atoms with van der Waals surface area (Å²) < 4.78 is 2.13. The molecule has 1 unspecified atom stereocenters. The predicted octanol–water partition coefficient (Wildman–Crippen LogP) is 2.60. The Morgan fingerprint density at radius 2 is 2.50 bits per heavy atom. The number of hydrogen-bond acceptors (Lipinski definition) is 2. The lowest BCUT2D eigenvalue weighted by atomic mass is 10.2. The largest absolute Gasteiger partial charge is 0.370 e. The molecule has 0 bridgehead atoms. The quantitative estimate of drug-likeness (QED) is 0.799. The molecule has 1 aliphatic heterocycles. The van der Waals surface area contributed by atoms with E-state index in [4.69, 9.17) is 0 Å². The molecule has 1 N–H and O–H groups in total. The highest BCUT2D eigenvalue weighted by Crippen LogP contribution is 2.23. The summed E-state index contributed by atoms with van der Waals surface area (Å²) >= 11 is 0. The van der Waals surface area contributed by atoms with Crippen molar-refractivity contribution in [2.45, 2.75) is 45.6 Å². The molecule has 3 heteroatoms. The second kappa shape index (κ2) is 4.03. The van der Waals surface area contributed by atoms with Gasteiger partial charge in [-0.05, 0) is 26.2 Å². The van der Waals surface area contributed by atoms with Crippen LogP contribution in [0.5, 0.6) is 0 Å². The number of anilines is 1. The van der Waals surface area contributed by atoms with Gasteiger partial charge in [0.2, 0.25) is 0 Å². The Kier molecular flexibility index (Phi) is 2.75. The van der Waals surface area contributed by atoms with Crippen molar-refractivity contribution >= 4 is 5.82 Å². The van der Waals surface area contributed by atoms with Crippen LogP contribution in [-0.2, 0) is 6.42 Å². The van der Waals surface area contributed by atoms with Crippen LogP contribution in [0.4, 0.5) is 5.82 Å². The number of hydrogen-bond donors (Lipinski definition) is 1. The minimum atomic E-state index is 0.557. The van der Waals surface area contributed by atoms with Crippen molar-refractivity contribution < 1.29 is 0 Å². The SMILES string of the molecule is CCCCc1cc2n(n1)C(C)CCN2. The number of nitrogens with zero attached hydrogens (tertiary/aromatic N) is 2. The molecular formula is C11H19N3. The molecule has 0 saturated carbocycles. The lowest BCUT2D eigenvalue weighted by molar-refractivity contribution is 0.449. The van der Waals surface area contributed by atoms with Crippen LogP contribution in [-0.4, -0.2) is 16.3 Å². The third kappa shape index (κ3) is 1.76. The molecule has 0 radical (unpaired) electrons. The maximum absolute atomic E-state index is 4.62. The smallest absolute Gasteiger partial charge is 0.124 e. The Bertz CT molecular complexity index is 303. The molecule has 2 rings (SSSR count). The molecule has 0 fully saturated rings. The second-order valence-corrected chi connectivity index (χ2v) is 4.13. The molecule has 0 amide bonds. The Labute approximate surface area is 85.5 Å². The zero-order chi connectivity index (χ0) is 9.97. The first-order valence-corrected chi connectivity index (χ1v) is 5.63. The number of rotatable bonds is 3. The van der Waals surface area contributed by atoms with Gasteiger partial charge in [0.15, 0.2) is 0 Å². The van der Waals surface area contributed by atoms with E-state index in [-0.39, 0.29) is 0 Å². The first-order valence-electron chi connectivity index (χ1n) is 5.63. The highest BCUT2D eigenvalue weighted by Gasteiger charge is 2.17. The third-order valence-electron chi connectivity index (χ3n) is 2.86. The van der Waals surface area contributed by atoms with E-state index in [9.17, 15) is 0 Å². The van der Waals surface area contributed by atoms with E-state index in [1.54, 1.807) is 0 Å². The molecule has 14 heavy (non-hydrogen) atoms. The lowest BCUT2D eigenvalue weighted by Gasteiger charge is -2.21. The van der Waals surface area contributed by atoms with Crippen molar-refractivity contribution in [1.82, 2.24) is 9.78 Å². The van der Waals surface area contributed by atoms with Crippen LogP contribution in [0.3, 0.4) is 0 Å². The molecule has 3 nitrogen and oxygen atoms in total. The summed E-state index contributed by atoms with van der Waals surface area (Å²) in [7, 11) is 0. The topological polar surface area (TPSA) is 29.9 Å². The maximum Gasteiger partial charge on any atom is 0.124 e. The van der Waals surface area contributed by atoms with Crippen LogP contribution in [0.2, 0.25) is 0 Å². The van der Waals surface area contributed by atoms with Gasteiger partial charge in [-0.3, -0.25) is 0 Å². The standard InChI is InChI=1S/C11H19N3/c1-3-4-5-10-8-11-12-7-6-9(2)14(11)13-10/h8-9,12H,3-7H2,1-2H3. The fourth-order valence-corrected chi connectivity index (χ4v) is 1.92. The van der Waals surface area contributed by atoms with Gasteiger partial charge < -0.3 is 5.32 Å². The lowest BCUT2D eigenvalue weighted by Crippen LogP contribution is -2.21. The molecule has 1 aromatic rings. The molecule has 1 atom stereocenters. The molecule has 1 aliphatic rings. The fourth-order valence-electron chi connectivity index (χ4n) is 1.92. The highest BCUT2D eigenvalue weighted by molar-refractivity contribution is 5.39. The van der Waals surface area contributed by atoms with Crippen LogP contribution in [0.25, 0.3) is 0 Å². The Hall–Kier alpha value is -0.990.